The summed E-state index contributed by atoms with van der Waals surface area (Å²) in [4.78, 5) is 43.2. The number of hydrogen-bond donors (Lipinski definition) is 1. The molecule has 0 saturated carbocycles. The number of benzene rings is 4. The largest absolute Gasteiger partial charge is 0.507 e. The first-order valence-electron chi connectivity index (χ1n) is 17.1. The molecular formula is C40H46N4O6. The lowest BCUT2D eigenvalue weighted by Crippen LogP contribution is -2.46. The molecule has 10 nitrogen and oxygen atoms in total. The van der Waals surface area contributed by atoms with Gasteiger partial charge in [-0.15, -0.1) is 0 Å². The molecule has 1 N–H and O–H groups in total. The first kappa shape index (κ1) is 36.1. The SMILES string of the molecule is CCOC(=O)COc1ccc(N2CCN(Cc3ccccc3)CC2)cc1C=O.O=Cc1cc(N2CCN(Cc3ccccc3)CC2)ccc1O. The van der Waals surface area contributed by atoms with Crippen molar-refractivity contribution in [3.63, 3.8) is 0 Å². The number of aldehydes is 2. The summed E-state index contributed by atoms with van der Waals surface area (Å²) in [5, 5.41) is 9.58. The van der Waals surface area contributed by atoms with Gasteiger partial charge in [-0.25, -0.2) is 4.79 Å². The number of nitrogens with zero attached hydrogens (tertiary/aromatic N) is 4. The average Bonchev–Trinajstić information content (AvgIpc) is 3.16. The van der Waals surface area contributed by atoms with Gasteiger partial charge < -0.3 is 24.4 Å². The van der Waals surface area contributed by atoms with E-state index in [0.29, 0.717) is 29.8 Å². The molecular weight excluding hydrogens is 632 g/mol. The first-order chi connectivity index (χ1) is 24.4. The highest BCUT2D eigenvalue weighted by molar-refractivity contribution is 5.82. The predicted octanol–water partition coefficient (Wildman–Crippen LogP) is 5.29. The van der Waals surface area contributed by atoms with E-state index < -0.39 is 5.97 Å². The molecule has 50 heavy (non-hydrogen) atoms. The molecule has 0 amide bonds. The molecule has 2 heterocycles. The fourth-order valence-electron chi connectivity index (χ4n) is 6.14. The zero-order valence-electron chi connectivity index (χ0n) is 28.7. The van der Waals surface area contributed by atoms with Crippen molar-refractivity contribution in [3.05, 3.63) is 119 Å². The number of aromatic hydroxyl groups is 1. The Kier molecular flexibility index (Phi) is 13.4. The maximum atomic E-state index is 11.5. The van der Waals surface area contributed by atoms with E-state index in [1.807, 2.05) is 30.3 Å². The van der Waals surface area contributed by atoms with Gasteiger partial charge in [-0.3, -0.25) is 19.4 Å². The number of phenols is 1. The molecule has 6 rings (SSSR count). The molecule has 2 saturated heterocycles. The average molecular weight is 679 g/mol. The van der Waals surface area contributed by atoms with Gasteiger partial charge in [-0.1, -0.05) is 60.7 Å². The molecule has 0 atom stereocenters. The summed E-state index contributed by atoms with van der Waals surface area (Å²) in [6.07, 6.45) is 1.46. The predicted molar refractivity (Wildman–Crippen MR) is 195 cm³/mol. The summed E-state index contributed by atoms with van der Waals surface area (Å²) >= 11 is 0. The maximum absolute atomic E-state index is 11.5. The standard InChI is InChI=1S/C22H26N2O4.C18H20N2O2/c1-2-27-22(26)17-28-21-9-8-20(14-19(21)16-25)24-12-10-23(11-13-24)15-18-6-4-3-5-7-18;21-14-16-12-17(6-7-18(16)22)20-10-8-19(9-11-20)13-15-4-2-1-3-5-15/h3-9,14,16H,2,10-13,15,17H2,1H3;1-7,12,14,22H,8-11,13H2. The van der Waals surface area contributed by atoms with Crippen molar-refractivity contribution < 1.29 is 29.0 Å². The van der Waals surface area contributed by atoms with Crippen LogP contribution in [0.5, 0.6) is 11.5 Å². The summed E-state index contributed by atoms with van der Waals surface area (Å²) in [5.41, 5.74) is 5.44. The molecule has 0 radical (unpaired) electrons. The van der Waals surface area contributed by atoms with Crippen LogP contribution in [0.25, 0.3) is 0 Å². The van der Waals surface area contributed by atoms with E-state index in [1.165, 1.54) is 11.1 Å². The number of ether oxygens (including phenoxy) is 2. The number of phenolic OH excluding ortho intramolecular Hbond substituents is 1. The Morgan fingerprint density at radius 2 is 1.14 bits per heavy atom. The maximum Gasteiger partial charge on any atom is 0.344 e. The lowest BCUT2D eigenvalue weighted by molar-refractivity contribution is -0.145. The second kappa shape index (κ2) is 18.5. The summed E-state index contributed by atoms with van der Waals surface area (Å²) < 4.78 is 10.3. The van der Waals surface area contributed by atoms with Gasteiger partial charge in [0.2, 0.25) is 0 Å². The zero-order chi connectivity index (χ0) is 35.1. The Morgan fingerprint density at radius 1 is 0.660 bits per heavy atom. The van der Waals surface area contributed by atoms with Crippen LogP contribution in [0.3, 0.4) is 0 Å². The van der Waals surface area contributed by atoms with Crippen LogP contribution in [0, 0.1) is 0 Å². The van der Waals surface area contributed by atoms with Crippen LogP contribution < -0.4 is 14.5 Å². The third-order valence-corrected chi connectivity index (χ3v) is 8.88. The quantitative estimate of drug-likeness (QED) is 0.157. The summed E-state index contributed by atoms with van der Waals surface area (Å²) in [5.74, 6) is -0.00561. The molecule has 0 spiro atoms. The number of hydrogen-bond acceptors (Lipinski definition) is 10. The van der Waals surface area contributed by atoms with Crippen LogP contribution in [-0.4, -0.2) is 99.0 Å². The van der Waals surface area contributed by atoms with Crippen LogP contribution in [0.15, 0.2) is 97.1 Å². The number of piperazine rings is 2. The highest BCUT2D eigenvalue weighted by Gasteiger charge is 2.20. The van der Waals surface area contributed by atoms with Gasteiger partial charge in [-0.2, -0.15) is 0 Å². The molecule has 0 aliphatic carbocycles. The molecule has 4 aromatic rings. The van der Waals surface area contributed by atoms with Gasteiger partial charge in [0.15, 0.2) is 19.2 Å². The van der Waals surface area contributed by atoms with Crippen molar-refractivity contribution in [2.45, 2.75) is 20.0 Å². The van der Waals surface area contributed by atoms with Crippen molar-refractivity contribution >= 4 is 29.9 Å². The van der Waals surface area contributed by atoms with Crippen molar-refractivity contribution in [1.82, 2.24) is 9.80 Å². The Morgan fingerprint density at radius 3 is 1.62 bits per heavy atom. The van der Waals surface area contributed by atoms with Crippen molar-refractivity contribution in [2.75, 3.05) is 75.4 Å². The van der Waals surface area contributed by atoms with Crippen LogP contribution in [0.4, 0.5) is 11.4 Å². The van der Waals surface area contributed by atoms with Crippen LogP contribution in [0.2, 0.25) is 0 Å². The van der Waals surface area contributed by atoms with Crippen LogP contribution in [-0.2, 0) is 22.6 Å². The topological polar surface area (TPSA) is 103 Å². The smallest absolute Gasteiger partial charge is 0.344 e. The summed E-state index contributed by atoms with van der Waals surface area (Å²) in [6, 6.07) is 31.7. The molecule has 0 bridgehead atoms. The van der Waals surface area contributed by atoms with Gasteiger partial charge >= 0.3 is 5.97 Å². The fraction of sp³-hybridized carbons (Fsp3) is 0.325. The third-order valence-electron chi connectivity index (χ3n) is 8.88. The van der Waals surface area contributed by atoms with Gasteiger partial charge in [0, 0.05) is 76.8 Å². The third kappa shape index (κ3) is 10.4. The lowest BCUT2D eigenvalue weighted by atomic mass is 10.1. The molecule has 0 aromatic heterocycles. The van der Waals surface area contributed by atoms with Gasteiger partial charge in [-0.05, 0) is 54.4 Å². The van der Waals surface area contributed by atoms with Crippen LogP contribution in [0.1, 0.15) is 38.8 Å². The fourth-order valence-corrected chi connectivity index (χ4v) is 6.14. The Bertz CT molecular complexity index is 1670. The van der Waals surface area contributed by atoms with Crippen molar-refractivity contribution in [1.29, 1.82) is 0 Å². The summed E-state index contributed by atoms with van der Waals surface area (Å²) in [7, 11) is 0. The van der Waals surface area contributed by atoms with E-state index in [1.54, 1.807) is 25.1 Å². The normalized spacial score (nSPS) is 15.1. The molecule has 0 unspecified atom stereocenters. The van der Waals surface area contributed by atoms with E-state index >= 15 is 0 Å². The van der Waals surface area contributed by atoms with Gasteiger partial charge in [0.05, 0.1) is 17.7 Å². The van der Waals surface area contributed by atoms with Crippen molar-refractivity contribution in [3.8, 4) is 11.5 Å². The van der Waals surface area contributed by atoms with E-state index in [2.05, 4.69) is 68.1 Å². The van der Waals surface area contributed by atoms with E-state index in [-0.39, 0.29) is 12.4 Å². The molecule has 4 aromatic carbocycles. The zero-order valence-corrected chi connectivity index (χ0v) is 28.7. The highest BCUT2D eigenvalue weighted by Crippen LogP contribution is 2.26. The van der Waals surface area contributed by atoms with E-state index in [4.69, 9.17) is 9.47 Å². The Hall–Kier alpha value is -5.19. The molecule has 2 aliphatic heterocycles. The minimum absolute atomic E-state index is 0.0430. The second-order valence-corrected chi connectivity index (χ2v) is 12.3. The second-order valence-electron chi connectivity index (χ2n) is 12.3. The van der Waals surface area contributed by atoms with E-state index in [0.717, 1.165) is 83.1 Å². The molecule has 2 fully saturated rings. The summed E-state index contributed by atoms with van der Waals surface area (Å²) in [6.45, 7) is 11.3. The van der Waals surface area contributed by atoms with Gasteiger partial charge in [0.1, 0.15) is 11.5 Å². The highest BCUT2D eigenvalue weighted by atomic mass is 16.6. The minimum Gasteiger partial charge on any atom is -0.507 e. The number of carbonyl (C=O) groups excluding carboxylic acids is 3. The lowest BCUT2D eigenvalue weighted by Gasteiger charge is -2.36. The molecule has 10 heteroatoms. The van der Waals surface area contributed by atoms with Gasteiger partial charge in [0.25, 0.3) is 0 Å². The Balaban J connectivity index is 0.000000200. The van der Waals surface area contributed by atoms with Crippen LogP contribution >= 0.6 is 0 Å². The number of anilines is 2. The number of esters is 1. The Labute approximate surface area is 294 Å². The minimum atomic E-state index is -0.446. The monoisotopic (exact) mass is 678 g/mol. The number of carbonyl (C=O) groups is 3. The van der Waals surface area contributed by atoms with Crippen molar-refractivity contribution in [2.24, 2.45) is 0 Å². The molecule has 262 valence electrons. The van der Waals surface area contributed by atoms with E-state index in [9.17, 15) is 19.5 Å². The molecule has 2 aliphatic rings. The number of rotatable bonds is 12. The first-order valence-corrected chi connectivity index (χ1v) is 17.1.